The average molecular weight is 440 g/mol. The minimum atomic E-state index is -3.99. The minimum Gasteiger partial charge on any atom is -0.497 e. The molecule has 0 bridgehead atoms. The number of hydrogen-bond acceptors (Lipinski definition) is 5. The summed E-state index contributed by atoms with van der Waals surface area (Å²) in [5, 5.41) is 2.77. The molecule has 0 saturated heterocycles. The van der Waals surface area contributed by atoms with E-state index in [0.29, 0.717) is 17.1 Å². The van der Waals surface area contributed by atoms with Gasteiger partial charge in [0.05, 0.1) is 25.9 Å². The Balaban J connectivity index is 2.27. The lowest BCUT2D eigenvalue weighted by Crippen LogP contribution is -2.46. The number of amides is 1. The van der Waals surface area contributed by atoms with E-state index >= 15 is 0 Å². The fraction of sp³-hybridized carbons (Fsp3) is 0.350. The van der Waals surface area contributed by atoms with Gasteiger partial charge in [0.1, 0.15) is 23.9 Å². The molecule has 0 fully saturated rings. The Labute approximate surface area is 176 Å². The van der Waals surface area contributed by atoms with E-state index in [1.807, 2.05) is 0 Å². The van der Waals surface area contributed by atoms with Crippen molar-refractivity contribution in [1.82, 2.24) is 9.62 Å². The van der Waals surface area contributed by atoms with Crippen LogP contribution in [0.5, 0.6) is 11.5 Å². The number of hydrogen-bond donors (Lipinski definition) is 1. The number of anilines is 1. The summed E-state index contributed by atoms with van der Waals surface area (Å²) < 4.78 is 51.2. The maximum absolute atomic E-state index is 13.3. The summed E-state index contributed by atoms with van der Waals surface area (Å²) in [6, 6.07) is 9.58. The number of rotatable bonds is 9. The predicted octanol–water partition coefficient (Wildman–Crippen LogP) is 2.33. The Hall–Kier alpha value is -2.85. The third-order valence-electron chi connectivity index (χ3n) is 4.42. The molecule has 2 aromatic carbocycles. The van der Waals surface area contributed by atoms with E-state index in [4.69, 9.17) is 9.47 Å². The van der Waals surface area contributed by atoms with E-state index in [1.165, 1.54) is 40.4 Å². The van der Waals surface area contributed by atoms with Crippen molar-refractivity contribution in [3.05, 3.63) is 53.8 Å². The second-order valence-electron chi connectivity index (χ2n) is 6.67. The van der Waals surface area contributed by atoms with Gasteiger partial charge in [-0.3, -0.25) is 4.79 Å². The van der Waals surface area contributed by atoms with Gasteiger partial charge in [0.25, 0.3) is 0 Å². The Kier molecular flexibility index (Phi) is 7.63. The van der Waals surface area contributed by atoms with Gasteiger partial charge in [-0.25, -0.2) is 8.70 Å². The van der Waals surface area contributed by atoms with Crippen LogP contribution in [0, 0.1) is 5.82 Å². The highest BCUT2D eigenvalue weighted by Crippen LogP contribution is 2.29. The molecule has 30 heavy (non-hydrogen) atoms. The molecule has 0 aliphatic heterocycles. The van der Waals surface area contributed by atoms with E-state index in [0.717, 1.165) is 20.7 Å². The van der Waals surface area contributed by atoms with E-state index in [2.05, 4.69) is 5.32 Å². The van der Waals surface area contributed by atoms with Crippen molar-refractivity contribution in [2.45, 2.75) is 13.0 Å². The van der Waals surface area contributed by atoms with Gasteiger partial charge in [0, 0.05) is 19.7 Å². The molecule has 2 aromatic rings. The van der Waals surface area contributed by atoms with Crippen molar-refractivity contribution in [1.29, 1.82) is 0 Å². The van der Waals surface area contributed by atoms with Crippen LogP contribution >= 0.6 is 0 Å². The van der Waals surface area contributed by atoms with Crippen LogP contribution in [-0.4, -0.2) is 53.5 Å². The van der Waals surface area contributed by atoms with Crippen LogP contribution in [0.4, 0.5) is 10.1 Å². The summed E-state index contributed by atoms with van der Waals surface area (Å²) in [6.45, 7) is 1.26. The zero-order valence-electron chi connectivity index (χ0n) is 17.5. The lowest BCUT2D eigenvalue weighted by molar-refractivity contribution is -0.120. The van der Waals surface area contributed by atoms with Gasteiger partial charge in [-0.1, -0.05) is 0 Å². The third kappa shape index (κ3) is 5.39. The first-order chi connectivity index (χ1) is 14.1. The topological polar surface area (TPSA) is 88.2 Å². The molecule has 10 heteroatoms. The van der Waals surface area contributed by atoms with Crippen LogP contribution in [0.2, 0.25) is 0 Å². The zero-order chi connectivity index (χ0) is 22.5. The van der Waals surface area contributed by atoms with Crippen molar-refractivity contribution < 1.29 is 27.1 Å². The molecule has 1 N–H and O–H groups in total. The SMILES string of the molecule is COc1ccc(OC)c([C@@H](C)NC(=O)CN(c2ccc(F)cc2)S(=O)(=O)N(C)C)c1. The number of benzene rings is 2. The number of methoxy groups -OCH3 is 2. The van der Waals surface area contributed by atoms with E-state index in [9.17, 15) is 17.6 Å². The molecule has 0 spiro atoms. The monoisotopic (exact) mass is 439 g/mol. The van der Waals surface area contributed by atoms with Crippen LogP contribution < -0.4 is 19.1 Å². The van der Waals surface area contributed by atoms with Crippen LogP contribution in [0.3, 0.4) is 0 Å². The highest BCUT2D eigenvalue weighted by atomic mass is 32.2. The van der Waals surface area contributed by atoms with E-state index in [-0.39, 0.29) is 5.69 Å². The van der Waals surface area contributed by atoms with Gasteiger partial charge in [0.15, 0.2) is 0 Å². The maximum atomic E-state index is 13.3. The first-order valence-electron chi connectivity index (χ1n) is 9.07. The largest absolute Gasteiger partial charge is 0.497 e. The summed E-state index contributed by atoms with van der Waals surface area (Å²) in [5.74, 6) is 0.0983. The molecule has 2 rings (SSSR count). The van der Waals surface area contributed by atoms with Gasteiger partial charge < -0.3 is 14.8 Å². The number of halogens is 1. The summed E-state index contributed by atoms with van der Waals surface area (Å²) in [5.41, 5.74) is 0.848. The number of nitrogens with zero attached hydrogens (tertiary/aromatic N) is 2. The number of carbonyl (C=O) groups excluding carboxylic acids is 1. The fourth-order valence-corrected chi connectivity index (χ4v) is 3.85. The van der Waals surface area contributed by atoms with Crippen molar-refractivity contribution in [2.24, 2.45) is 0 Å². The third-order valence-corrected chi connectivity index (χ3v) is 6.24. The van der Waals surface area contributed by atoms with E-state index < -0.39 is 34.5 Å². The molecule has 0 aliphatic rings. The van der Waals surface area contributed by atoms with Crippen LogP contribution in [0.15, 0.2) is 42.5 Å². The Morgan fingerprint density at radius 3 is 2.27 bits per heavy atom. The van der Waals surface area contributed by atoms with Crippen molar-refractivity contribution in [3.8, 4) is 11.5 Å². The average Bonchev–Trinajstić information content (AvgIpc) is 2.71. The molecular weight excluding hydrogens is 413 g/mol. The Morgan fingerprint density at radius 2 is 1.73 bits per heavy atom. The number of ether oxygens (including phenoxy) is 2. The van der Waals surface area contributed by atoms with Crippen LogP contribution in [0.1, 0.15) is 18.5 Å². The van der Waals surface area contributed by atoms with Crippen molar-refractivity contribution >= 4 is 21.8 Å². The normalized spacial score (nSPS) is 12.4. The van der Waals surface area contributed by atoms with Crippen LogP contribution in [0.25, 0.3) is 0 Å². The van der Waals surface area contributed by atoms with Crippen LogP contribution in [-0.2, 0) is 15.0 Å². The molecular formula is C20H26FN3O5S. The molecule has 0 radical (unpaired) electrons. The van der Waals surface area contributed by atoms with Crippen molar-refractivity contribution in [2.75, 3.05) is 39.2 Å². The van der Waals surface area contributed by atoms with Gasteiger partial charge in [-0.2, -0.15) is 12.7 Å². The highest BCUT2D eigenvalue weighted by Gasteiger charge is 2.28. The second-order valence-corrected chi connectivity index (χ2v) is 8.74. The number of carbonyl (C=O) groups is 1. The molecule has 1 amide bonds. The fourth-order valence-electron chi connectivity index (χ4n) is 2.78. The van der Waals surface area contributed by atoms with Crippen molar-refractivity contribution in [3.63, 3.8) is 0 Å². The molecule has 8 nitrogen and oxygen atoms in total. The zero-order valence-corrected chi connectivity index (χ0v) is 18.4. The van der Waals surface area contributed by atoms with E-state index in [1.54, 1.807) is 25.1 Å². The number of nitrogens with one attached hydrogen (secondary N) is 1. The maximum Gasteiger partial charge on any atom is 0.304 e. The minimum absolute atomic E-state index is 0.173. The molecule has 164 valence electrons. The van der Waals surface area contributed by atoms with Gasteiger partial charge in [0.2, 0.25) is 5.91 Å². The molecule has 0 unspecified atom stereocenters. The quantitative estimate of drug-likeness (QED) is 0.648. The Morgan fingerprint density at radius 1 is 1.10 bits per heavy atom. The summed E-state index contributed by atoms with van der Waals surface area (Å²) in [6.07, 6.45) is 0. The Bertz CT molecular complexity index is 980. The van der Waals surface area contributed by atoms with Gasteiger partial charge >= 0.3 is 10.2 Å². The molecule has 0 aliphatic carbocycles. The standard InChI is InChI=1S/C20H26FN3O5S/c1-14(18-12-17(28-4)10-11-19(18)29-5)22-20(25)13-24(30(26,27)23(2)3)16-8-6-15(21)7-9-16/h6-12,14H,13H2,1-5H3,(H,22,25)/t14-/m1/s1. The smallest absolute Gasteiger partial charge is 0.304 e. The first kappa shape index (κ1) is 23.4. The molecule has 1 atom stereocenters. The summed E-state index contributed by atoms with van der Waals surface area (Å²) in [7, 11) is 1.77. The predicted molar refractivity (Wildman–Crippen MR) is 112 cm³/mol. The lowest BCUT2D eigenvalue weighted by Gasteiger charge is -2.27. The summed E-state index contributed by atoms with van der Waals surface area (Å²) in [4.78, 5) is 12.7. The molecule has 0 heterocycles. The molecule has 0 saturated carbocycles. The summed E-state index contributed by atoms with van der Waals surface area (Å²) >= 11 is 0. The second kappa shape index (κ2) is 9.77. The molecule has 0 aromatic heterocycles. The highest BCUT2D eigenvalue weighted by molar-refractivity contribution is 7.90. The van der Waals surface area contributed by atoms with Gasteiger partial charge in [-0.15, -0.1) is 0 Å². The first-order valence-corrected chi connectivity index (χ1v) is 10.5. The van der Waals surface area contributed by atoms with Gasteiger partial charge in [-0.05, 0) is 49.4 Å². The lowest BCUT2D eigenvalue weighted by atomic mass is 10.1.